The summed E-state index contributed by atoms with van der Waals surface area (Å²) in [6.45, 7) is 0.617. The fourth-order valence-corrected chi connectivity index (χ4v) is 1.92. The van der Waals surface area contributed by atoms with Crippen molar-refractivity contribution in [3.8, 4) is 0 Å². The van der Waals surface area contributed by atoms with Crippen LogP contribution in [-0.4, -0.2) is 44.1 Å². The molecule has 1 aliphatic carbocycles. The van der Waals surface area contributed by atoms with Gasteiger partial charge >= 0.3 is 5.69 Å². The average molecular weight is 235 g/mol. The Balaban J connectivity index is 2.02. The molecular formula is C10H13N5O2. The molecule has 0 unspecified atom stereocenters. The van der Waals surface area contributed by atoms with E-state index in [1.807, 2.05) is 11.0 Å². The lowest BCUT2D eigenvalue weighted by Gasteiger charge is -2.21. The van der Waals surface area contributed by atoms with E-state index in [1.165, 1.54) is 4.52 Å². The third kappa shape index (κ3) is 1.78. The lowest BCUT2D eigenvalue weighted by Crippen LogP contribution is -2.30. The number of rotatable bonds is 4. The zero-order valence-corrected chi connectivity index (χ0v) is 9.20. The number of aromatic nitrogens is 4. The van der Waals surface area contributed by atoms with Crippen LogP contribution in [0.3, 0.4) is 0 Å². The smallest absolute Gasteiger partial charge is 0.364 e. The number of nitrogens with one attached hydrogen (secondary N) is 1. The average Bonchev–Trinajstić information content (AvgIpc) is 3.12. The van der Waals surface area contributed by atoms with Gasteiger partial charge < -0.3 is 10.0 Å². The first-order valence-electron chi connectivity index (χ1n) is 5.61. The molecule has 3 rings (SSSR count). The predicted octanol–water partition coefficient (Wildman–Crippen LogP) is -0.621. The van der Waals surface area contributed by atoms with Crippen LogP contribution in [0.25, 0.3) is 5.65 Å². The van der Waals surface area contributed by atoms with Crippen LogP contribution in [0.4, 0.5) is 5.82 Å². The van der Waals surface area contributed by atoms with E-state index in [4.69, 9.17) is 5.11 Å². The van der Waals surface area contributed by atoms with Gasteiger partial charge in [-0.1, -0.05) is 0 Å². The van der Waals surface area contributed by atoms with E-state index in [2.05, 4.69) is 15.3 Å². The van der Waals surface area contributed by atoms with E-state index in [9.17, 15) is 4.79 Å². The molecule has 2 aromatic rings. The van der Waals surface area contributed by atoms with Gasteiger partial charge in [0.25, 0.3) is 0 Å². The molecule has 2 aromatic heterocycles. The highest BCUT2D eigenvalue weighted by Crippen LogP contribution is 2.29. The molecule has 0 aromatic carbocycles. The van der Waals surface area contributed by atoms with Crippen LogP contribution in [0.5, 0.6) is 0 Å². The number of aliphatic hydroxyl groups excluding tert-OH is 1. The van der Waals surface area contributed by atoms with Gasteiger partial charge in [-0.25, -0.2) is 9.89 Å². The van der Waals surface area contributed by atoms with Gasteiger partial charge in [0, 0.05) is 12.6 Å². The van der Waals surface area contributed by atoms with Crippen molar-refractivity contribution >= 4 is 11.5 Å². The molecule has 7 nitrogen and oxygen atoms in total. The number of hydrogen-bond acceptors (Lipinski definition) is 5. The van der Waals surface area contributed by atoms with Gasteiger partial charge in [0.15, 0.2) is 5.65 Å². The Morgan fingerprint density at radius 1 is 1.53 bits per heavy atom. The number of aliphatic hydroxyl groups is 1. The summed E-state index contributed by atoms with van der Waals surface area (Å²) in [5, 5.41) is 19.5. The van der Waals surface area contributed by atoms with E-state index < -0.39 is 0 Å². The molecule has 0 bridgehead atoms. The van der Waals surface area contributed by atoms with Gasteiger partial charge in [0.05, 0.1) is 6.61 Å². The Bertz CT molecular complexity index is 586. The molecule has 0 radical (unpaired) electrons. The first-order valence-corrected chi connectivity index (χ1v) is 5.61. The number of anilines is 1. The summed E-state index contributed by atoms with van der Waals surface area (Å²) in [7, 11) is 0. The SMILES string of the molecule is O=c1[nH]nc2ccc(N(CCO)C3CC3)nn12. The van der Waals surface area contributed by atoms with Gasteiger partial charge in [-0.3, -0.25) is 0 Å². The first kappa shape index (κ1) is 10.3. The van der Waals surface area contributed by atoms with Crippen molar-refractivity contribution in [2.75, 3.05) is 18.1 Å². The molecule has 7 heteroatoms. The Hall–Kier alpha value is -1.89. The third-order valence-corrected chi connectivity index (χ3v) is 2.88. The molecule has 2 heterocycles. The molecule has 1 fully saturated rings. The van der Waals surface area contributed by atoms with Gasteiger partial charge in [-0.15, -0.1) is 5.10 Å². The van der Waals surface area contributed by atoms with E-state index in [0.717, 1.165) is 12.8 Å². The normalized spacial score (nSPS) is 15.4. The predicted molar refractivity (Wildman–Crippen MR) is 61.1 cm³/mol. The summed E-state index contributed by atoms with van der Waals surface area (Å²) >= 11 is 0. The van der Waals surface area contributed by atoms with Crippen LogP contribution in [0.2, 0.25) is 0 Å². The van der Waals surface area contributed by atoms with Crippen molar-refractivity contribution in [1.29, 1.82) is 0 Å². The highest BCUT2D eigenvalue weighted by molar-refractivity contribution is 5.46. The van der Waals surface area contributed by atoms with E-state index in [1.54, 1.807) is 6.07 Å². The highest BCUT2D eigenvalue weighted by Gasteiger charge is 2.29. The minimum Gasteiger partial charge on any atom is -0.395 e. The second-order valence-corrected chi connectivity index (χ2v) is 4.14. The minimum absolute atomic E-state index is 0.0799. The Morgan fingerprint density at radius 2 is 2.35 bits per heavy atom. The van der Waals surface area contributed by atoms with Gasteiger partial charge in [0.2, 0.25) is 0 Å². The number of aromatic amines is 1. The third-order valence-electron chi connectivity index (χ3n) is 2.88. The second-order valence-electron chi connectivity index (χ2n) is 4.14. The summed E-state index contributed by atoms with van der Waals surface area (Å²) in [5.74, 6) is 0.706. The van der Waals surface area contributed by atoms with Crippen LogP contribution < -0.4 is 10.6 Å². The molecule has 2 N–H and O–H groups in total. The highest BCUT2D eigenvalue weighted by atomic mass is 16.3. The number of fused-ring (bicyclic) bond motifs is 1. The Labute approximate surface area is 96.7 Å². The lowest BCUT2D eigenvalue weighted by atomic mass is 10.4. The van der Waals surface area contributed by atoms with Crippen LogP contribution in [0.1, 0.15) is 12.8 Å². The standard InChI is InChI=1S/C10H13N5O2/c16-6-5-14(7-1-2-7)9-4-3-8-11-12-10(17)15(8)13-9/h3-4,7,16H,1-2,5-6H2,(H,12,17). The van der Waals surface area contributed by atoms with Crippen LogP contribution >= 0.6 is 0 Å². The molecule has 17 heavy (non-hydrogen) atoms. The van der Waals surface area contributed by atoms with Crippen LogP contribution in [-0.2, 0) is 0 Å². The Kier molecular flexibility index (Phi) is 2.32. The summed E-state index contributed by atoms with van der Waals surface area (Å²) in [4.78, 5) is 13.4. The van der Waals surface area contributed by atoms with Crippen LogP contribution in [0.15, 0.2) is 16.9 Å². The molecule has 90 valence electrons. The Morgan fingerprint density at radius 3 is 3.06 bits per heavy atom. The van der Waals surface area contributed by atoms with Crippen molar-refractivity contribution in [2.45, 2.75) is 18.9 Å². The van der Waals surface area contributed by atoms with Crippen molar-refractivity contribution < 1.29 is 5.11 Å². The number of hydrogen-bond donors (Lipinski definition) is 2. The van der Waals surface area contributed by atoms with Crippen molar-refractivity contribution in [2.24, 2.45) is 0 Å². The molecule has 0 atom stereocenters. The molecule has 0 amide bonds. The topological polar surface area (TPSA) is 86.5 Å². The van der Waals surface area contributed by atoms with E-state index >= 15 is 0 Å². The fourth-order valence-electron chi connectivity index (χ4n) is 1.92. The largest absolute Gasteiger partial charge is 0.395 e. The molecule has 1 aliphatic rings. The maximum atomic E-state index is 11.4. The molecule has 0 saturated heterocycles. The summed E-state index contributed by atoms with van der Waals surface area (Å²) < 4.78 is 1.24. The summed E-state index contributed by atoms with van der Waals surface area (Å²) in [6, 6.07) is 4.01. The minimum atomic E-state index is -0.346. The summed E-state index contributed by atoms with van der Waals surface area (Å²) in [5.41, 5.74) is 0.153. The number of H-pyrrole nitrogens is 1. The molecule has 0 spiro atoms. The van der Waals surface area contributed by atoms with Crippen LogP contribution in [0, 0.1) is 0 Å². The summed E-state index contributed by atoms with van der Waals surface area (Å²) in [6.07, 6.45) is 2.22. The lowest BCUT2D eigenvalue weighted by molar-refractivity contribution is 0.301. The van der Waals surface area contributed by atoms with E-state index in [-0.39, 0.29) is 12.3 Å². The van der Waals surface area contributed by atoms with Crippen molar-refractivity contribution in [1.82, 2.24) is 19.8 Å². The van der Waals surface area contributed by atoms with Gasteiger partial charge in [0.1, 0.15) is 5.82 Å². The zero-order valence-electron chi connectivity index (χ0n) is 9.20. The monoisotopic (exact) mass is 235 g/mol. The van der Waals surface area contributed by atoms with Crippen molar-refractivity contribution in [3.05, 3.63) is 22.6 Å². The zero-order chi connectivity index (χ0) is 11.8. The van der Waals surface area contributed by atoms with Gasteiger partial charge in [-0.05, 0) is 25.0 Å². The van der Waals surface area contributed by atoms with Gasteiger partial charge in [-0.2, -0.15) is 9.61 Å². The molecular weight excluding hydrogens is 222 g/mol. The molecule has 0 aliphatic heterocycles. The molecule has 1 saturated carbocycles. The fraction of sp³-hybridized carbons (Fsp3) is 0.500. The first-order chi connectivity index (χ1) is 8.29. The maximum Gasteiger partial charge on any atom is 0.364 e. The van der Waals surface area contributed by atoms with E-state index in [0.29, 0.717) is 24.1 Å². The quantitative estimate of drug-likeness (QED) is 0.737. The maximum absolute atomic E-state index is 11.4. The van der Waals surface area contributed by atoms with Crippen molar-refractivity contribution in [3.63, 3.8) is 0 Å². The second kappa shape index (κ2) is 3.85. The number of nitrogens with zero attached hydrogens (tertiary/aromatic N) is 4.